The topological polar surface area (TPSA) is 65.2 Å². The lowest BCUT2D eigenvalue weighted by Gasteiger charge is -2.10. The van der Waals surface area contributed by atoms with E-state index in [1.165, 1.54) is 6.07 Å². The predicted molar refractivity (Wildman–Crippen MR) is 98.4 cm³/mol. The van der Waals surface area contributed by atoms with Crippen LogP contribution in [0.25, 0.3) is 11.3 Å². The molecule has 4 nitrogen and oxygen atoms in total. The molecule has 0 spiro atoms. The van der Waals surface area contributed by atoms with Crippen LogP contribution < -0.4 is 10.5 Å². The molecule has 0 unspecified atom stereocenters. The predicted octanol–water partition coefficient (Wildman–Crippen LogP) is 4.18. The van der Waals surface area contributed by atoms with Crippen LogP contribution in [0.3, 0.4) is 0 Å². The second-order valence-electron chi connectivity index (χ2n) is 6.17. The molecule has 0 radical (unpaired) electrons. The first-order valence-corrected chi connectivity index (χ1v) is 8.19. The molecule has 0 aliphatic rings. The van der Waals surface area contributed by atoms with Gasteiger partial charge in [0, 0.05) is 17.3 Å². The molecule has 0 saturated heterocycles. The van der Waals surface area contributed by atoms with Gasteiger partial charge in [0.05, 0.1) is 5.69 Å². The van der Waals surface area contributed by atoms with Gasteiger partial charge in [-0.05, 0) is 66.9 Å². The number of carbonyl (C=O) groups excluding carboxylic acids is 1. The number of nitrogens with zero attached hydrogens (tertiary/aromatic N) is 1. The van der Waals surface area contributed by atoms with Gasteiger partial charge in [0.15, 0.2) is 11.6 Å². The van der Waals surface area contributed by atoms with Crippen LogP contribution in [0.5, 0.6) is 5.75 Å². The number of nitrogens with two attached hydrogens (primary N) is 1. The van der Waals surface area contributed by atoms with E-state index < -0.39 is 5.91 Å². The molecular weight excluding hydrogens is 331 g/mol. The van der Waals surface area contributed by atoms with Crippen LogP contribution in [0, 0.1) is 19.7 Å². The zero-order valence-electron chi connectivity index (χ0n) is 14.6. The van der Waals surface area contributed by atoms with Crippen LogP contribution >= 0.6 is 0 Å². The van der Waals surface area contributed by atoms with Crippen molar-refractivity contribution in [2.45, 2.75) is 20.5 Å². The minimum absolute atomic E-state index is 0.227. The molecule has 0 aliphatic heterocycles. The zero-order valence-corrected chi connectivity index (χ0v) is 14.6. The standard InChI is InChI=1S/C21H19FN2O2/c1-13-3-6-18(22)20(9-13)26-12-15-7-8-24-19(11-15)16-4-5-17(21(23)25)14(2)10-16/h3-11H,12H2,1-2H3,(H2,23,25). The molecule has 5 heteroatoms. The molecule has 26 heavy (non-hydrogen) atoms. The molecule has 0 atom stereocenters. The van der Waals surface area contributed by atoms with Gasteiger partial charge < -0.3 is 10.5 Å². The van der Waals surface area contributed by atoms with Gasteiger partial charge in [0.25, 0.3) is 0 Å². The van der Waals surface area contributed by atoms with Crippen LogP contribution in [0.15, 0.2) is 54.7 Å². The van der Waals surface area contributed by atoms with Gasteiger partial charge in [-0.2, -0.15) is 0 Å². The number of hydrogen-bond acceptors (Lipinski definition) is 3. The maximum atomic E-state index is 13.8. The first-order chi connectivity index (χ1) is 12.4. The summed E-state index contributed by atoms with van der Waals surface area (Å²) in [5, 5.41) is 0. The summed E-state index contributed by atoms with van der Waals surface area (Å²) in [6.07, 6.45) is 1.68. The Bertz CT molecular complexity index is 970. The highest BCUT2D eigenvalue weighted by atomic mass is 19.1. The summed E-state index contributed by atoms with van der Waals surface area (Å²) in [5.74, 6) is -0.614. The molecule has 1 amide bonds. The molecule has 0 bridgehead atoms. The highest BCUT2D eigenvalue weighted by Crippen LogP contribution is 2.23. The summed E-state index contributed by atoms with van der Waals surface area (Å²) in [5.41, 5.74) is 10.0. The number of primary amides is 1. The molecule has 3 aromatic rings. The third-order valence-corrected chi connectivity index (χ3v) is 4.09. The van der Waals surface area contributed by atoms with Crippen LogP contribution in [-0.2, 0) is 6.61 Å². The Labute approximate surface area is 151 Å². The van der Waals surface area contributed by atoms with Gasteiger partial charge in [-0.15, -0.1) is 0 Å². The van der Waals surface area contributed by atoms with Crippen molar-refractivity contribution < 1.29 is 13.9 Å². The monoisotopic (exact) mass is 350 g/mol. The van der Waals surface area contributed by atoms with Gasteiger partial charge >= 0.3 is 0 Å². The number of ether oxygens (including phenoxy) is 1. The highest BCUT2D eigenvalue weighted by Gasteiger charge is 2.09. The largest absolute Gasteiger partial charge is 0.486 e. The molecule has 2 aromatic carbocycles. The summed E-state index contributed by atoms with van der Waals surface area (Å²) in [6, 6.07) is 13.8. The maximum absolute atomic E-state index is 13.8. The number of benzene rings is 2. The number of hydrogen-bond donors (Lipinski definition) is 1. The molecule has 3 rings (SSSR count). The zero-order chi connectivity index (χ0) is 18.7. The van der Waals surface area contributed by atoms with Crippen molar-refractivity contribution in [1.29, 1.82) is 0 Å². The van der Waals surface area contributed by atoms with Crippen molar-refractivity contribution in [2.75, 3.05) is 0 Å². The van der Waals surface area contributed by atoms with Crippen molar-refractivity contribution in [3.05, 3.63) is 82.8 Å². The van der Waals surface area contributed by atoms with E-state index in [0.29, 0.717) is 5.56 Å². The fraction of sp³-hybridized carbons (Fsp3) is 0.143. The van der Waals surface area contributed by atoms with Gasteiger partial charge in [0.1, 0.15) is 6.61 Å². The SMILES string of the molecule is Cc1ccc(F)c(OCc2ccnc(-c3ccc(C(N)=O)c(C)c3)c2)c1. The Morgan fingerprint density at radius 3 is 2.65 bits per heavy atom. The number of aryl methyl sites for hydroxylation is 2. The average Bonchev–Trinajstić information content (AvgIpc) is 2.62. The van der Waals surface area contributed by atoms with Gasteiger partial charge in [-0.3, -0.25) is 9.78 Å². The van der Waals surface area contributed by atoms with E-state index in [-0.39, 0.29) is 18.2 Å². The number of aromatic nitrogens is 1. The number of carbonyl (C=O) groups is 1. The molecule has 132 valence electrons. The lowest BCUT2D eigenvalue weighted by Crippen LogP contribution is -2.12. The van der Waals surface area contributed by atoms with Gasteiger partial charge in [-0.1, -0.05) is 12.1 Å². The van der Waals surface area contributed by atoms with E-state index in [2.05, 4.69) is 4.98 Å². The van der Waals surface area contributed by atoms with E-state index in [9.17, 15) is 9.18 Å². The Kier molecular flexibility index (Phi) is 4.98. The van der Waals surface area contributed by atoms with Crippen LogP contribution in [0.1, 0.15) is 27.0 Å². The highest BCUT2D eigenvalue weighted by molar-refractivity contribution is 5.94. The Hall–Kier alpha value is -3.21. The molecule has 1 aromatic heterocycles. The maximum Gasteiger partial charge on any atom is 0.248 e. The lowest BCUT2D eigenvalue weighted by molar-refractivity contribution is 0.0999. The minimum Gasteiger partial charge on any atom is -0.486 e. The smallest absolute Gasteiger partial charge is 0.248 e. The molecule has 0 saturated carbocycles. The third-order valence-electron chi connectivity index (χ3n) is 4.09. The van der Waals surface area contributed by atoms with Crippen molar-refractivity contribution >= 4 is 5.91 Å². The van der Waals surface area contributed by atoms with E-state index in [1.807, 2.05) is 32.0 Å². The number of halogens is 1. The third kappa shape index (κ3) is 3.88. The number of amides is 1. The van der Waals surface area contributed by atoms with Crippen molar-refractivity contribution in [1.82, 2.24) is 4.98 Å². The fourth-order valence-corrected chi connectivity index (χ4v) is 2.70. The number of pyridine rings is 1. The van der Waals surface area contributed by atoms with Crippen LogP contribution in [0.2, 0.25) is 0 Å². The average molecular weight is 350 g/mol. The first-order valence-electron chi connectivity index (χ1n) is 8.19. The Morgan fingerprint density at radius 2 is 1.92 bits per heavy atom. The van der Waals surface area contributed by atoms with E-state index >= 15 is 0 Å². The molecule has 0 fully saturated rings. The second-order valence-corrected chi connectivity index (χ2v) is 6.17. The van der Waals surface area contributed by atoms with Crippen molar-refractivity contribution in [3.63, 3.8) is 0 Å². The van der Waals surface area contributed by atoms with Crippen molar-refractivity contribution in [2.24, 2.45) is 5.73 Å². The van der Waals surface area contributed by atoms with Gasteiger partial charge in [-0.25, -0.2) is 4.39 Å². The Morgan fingerprint density at radius 1 is 1.12 bits per heavy atom. The Balaban J connectivity index is 1.81. The minimum atomic E-state index is -0.454. The summed E-state index contributed by atoms with van der Waals surface area (Å²) >= 11 is 0. The summed E-state index contributed by atoms with van der Waals surface area (Å²) in [7, 11) is 0. The summed E-state index contributed by atoms with van der Waals surface area (Å²) in [4.78, 5) is 15.7. The summed E-state index contributed by atoms with van der Waals surface area (Å²) in [6.45, 7) is 3.94. The first kappa shape index (κ1) is 17.6. The fourth-order valence-electron chi connectivity index (χ4n) is 2.70. The summed E-state index contributed by atoms with van der Waals surface area (Å²) < 4.78 is 19.4. The van der Waals surface area contributed by atoms with E-state index in [4.69, 9.17) is 10.5 Å². The second kappa shape index (κ2) is 7.35. The molecule has 1 heterocycles. The molecule has 0 aliphatic carbocycles. The quantitative estimate of drug-likeness (QED) is 0.751. The van der Waals surface area contributed by atoms with E-state index in [1.54, 1.807) is 30.5 Å². The van der Waals surface area contributed by atoms with E-state index in [0.717, 1.165) is 27.9 Å². The molecule has 2 N–H and O–H groups in total. The van der Waals surface area contributed by atoms with Crippen LogP contribution in [0.4, 0.5) is 4.39 Å². The normalized spacial score (nSPS) is 10.6. The number of rotatable bonds is 5. The molecular formula is C21H19FN2O2. The van der Waals surface area contributed by atoms with Gasteiger partial charge in [0.2, 0.25) is 5.91 Å². The van der Waals surface area contributed by atoms with Crippen LogP contribution in [-0.4, -0.2) is 10.9 Å². The lowest BCUT2D eigenvalue weighted by atomic mass is 10.0. The van der Waals surface area contributed by atoms with Crippen molar-refractivity contribution in [3.8, 4) is 17.0 Å².